The van der Waals surface area contributed by atoms with Crippen molar-refractivity contribution in [2.75, 3.05) is 0 Å². The van der Waals surface area contributed by atoms with E-state index in [0.29, 0.717) is 23.5 Å². The predicted octanol–water partition coefficient (Wildman–Crippen LogP) is 1.52. The molecule has 6 nitrogen and oxygen atoms in total. The summed E-state index contributed by atoms with van der Waals surface area (Å²) < 4.78 is 7.00. The van der Waals surface area contributed by atoms with Gasteiger partial charge in [0.2, 0.25) is 11.7 Å². The Morgan fingerprint density at radius 2 is 2.24 bits per heavy atom. The molecular formula is C11H17N5O. The maximum Gasteiger partial charge on any atom is 0.243 e. The summed E-state index contributed by atoms with van der Waals surface area (Å²) in [7, 11) is 1.88. The van der Waals surface area contributed by atoms with Gasteiger partial charge in [-0.2, -0.15) is 4.98 Å². The van der Waals surface area contributed by atoms with Gasteiger partial charge in [-0.25, -0.2) is 4.98 Å². The first-order chi connectivity index (χ1) is 8.08. The molecule has 0 saturated carbocycles. The van der Waals surface area contributed by atoms with Crippen LogP contribution >= 0.6 is 0 Å². The SMILES string of the molecule is CC(C)CC(N)c1nc(-c2nccn2C)no1. The van der Waals surface area contributed by atoms with E-state index in [1.807, 2.05) is 17.8 Å². The molecule has 1 atom stereocenters. The minimum absolute atomic E-state index is 0.212. The van der Waals surface area contributed by atoms with Crippen LogP contribution in [0.25, 0.3) is 11.6 Å². The number of imidazole rings is 1. The van der Waals surface area contributed by atoms with Crippen LogP contribution in [0, 0.1) is 5.92 Å². The molecule has 1 unspecified atom stereocenters. The van der Waals surface area contributed by atoms with Crippen LogP contribution in [-0.4, -0.2) is 19.7 Å². The highest BCUT2D eigenvalue weighted by atomic mass is 16.5. The van der Waals surface area contributed by atoms with E-state index in [-0.39, 0.29) is 6.04 Å². The summed E-state index contributed by atoms with van der Waals surface area (Å²) in [4.78, 5) is 8.44. The van der Waals surface area contributed by atoms with Gasteiger partial charge in [0, 0.05) is 19.4 Å². The summed E-state index contributed by atoms with van der Waals surface area (Å²) in [5.74, 6) is 2.12. The van der Waals surface area contributed by atoms with Crippen molar-refractivity contribution in [3.63, 3.8) is 0 Å². The van der Waals surface area contributed by atoms with E-state index in [1.165, 1.54) is 0 Å². The van der Waals surface area contributed by atoms with Crippen molar-refractivity contribution in [1.29, 1.82) is 0 Å². The number of aryl methyl sites for hydroxylation is 1. The van der Waals surface area contributed by atoms with Gasteiger partial charge in [-0.05, 0) is 12.3 Å². The van der Waals surface area contributed by atoms with Crippen LogP contribution in [0.4, 0.5) is 0 Å². The lowest BCUT2D eigenvalue weighted by Gasteiger charge is -2.08. The monoisotopic (exact) mass is 235 g/mol. The molecule has 2 aromatic heterocycles. The quantitative estimate of drug-likeness (QED) is 0.868. The molecule has 6 heteroatoms. The van der Waals surface area contributed by atoms with Crippen molar-refractivity contribution in [3.05, 3.63) is 18.3 Å². The maximum atomic E-state index is 5.98. The van der Waals surface area contributed by atoms with E-state index in [2.05, 4.69) is 29.0 Å². The first-order valence-corrected chi connectivity index (χ1v) is 5.64. The first kappa shape index (κ1) is 11.8. The summed E-state index contributed by atoms with van der Waals surface area (Å²) in [6, 6.07) is -0.212. The molecule has 2 rings (SSSR count). The summed E-state index contributed by atoms with van der Waals surface area (Å²) in [6.07, 6.45) is 4.35. The lowest BCUT2D eigenvalue weighted by molar-refractivity contribution is 0.335. The summed E-state index contributed by atoms with van der Waals surface area (Å²) in [6.45, 7) is 4.21. The van der Waals surface area contributed by atoms with Crippen molar-refractivity contribution in [2.45, 2.75) is 26.3 Å². The number of aromatic nitrogens is 4. The Labute approximate surface area is 99.8 Å². The van der Waals surface area contributed by atoms with Gasteiger partial charge in [-0.3, -0.25) is 0 Å². The molecule has 0 spiro atoms. The molecule has 0 amide bonds. The Kier molecular flexibility index (Phi) is 3.23. The Hall–Kier alpha value is -1.69. The minimum atomic E-state index is -0.212. The predicted molar refractivity (Wildman–Crippen MR) is 62.9 cm³/mol. The molecule has 2 N–H and O–H groups in total. The number of hydrogen-bond donors (Lipinski definition) is 1. The molecule has 0 aromatic carbocycles. The Balaban J connectivity index is 2.19. The number of nitrogens with zero attached hydrogens (tertiary/aromatic N) is 4. The molecule has 0 saturated heterocycles. The van der Waals surface area contributed by atoms with Crippen molar-refractivity contribution in [3.8, 4) is 11.6 Å². The minimum Gasteiger partial charge on any atom is -0.337 e. The van der Waals surface area contributed by atoms with Crippen molar-refractivity contribution in [2.24, 2.45) is 18.7 Å². The highest BCUT2D eigenvalue weighted by molar-refractivity contribution is 5.42. The topological polar surface area (TPSA) is 82.8 Å². The van der Waals surface area contributed by atoms with E-state index in [4.69, 9.17) is 10.3 Å². The zero-order valence-electron chi connectivity index (χ0n) is 10.3. The summed E-state index contributed by atoms with van der Waals surface area (Å²) in [5, 5.41) is 3.90. The van der Waals surface area contributed by atoms with Crippen molar-refractivity contribution >= 4 is 0 Å². The standard InChI is InChI=1S/C11H17N5O/c1-7(2)6-8(12)11-14-9(15-17-11)10-13-4-5-16(10)3/h4-5,7-8H,6,12H2,1-3H3. The Morgan fingerprint density at radius 1 is 1.47 bits per heavy atom. The molecule has 0 fully saturated rings. The molecule has 2 heterocycles. The lowest BCUT2D eigenvalue weighted by atomic mass is 10.0. The second-order valence-corrected chi connectivity index (χ2v) is 4.55. The third-order valence-corrected chi connectivity index (χ3v) is 2.51. The highest BCUT2D eigenvalue weighted by Gasteiger charge is 2.18. The molecule has 2 aromatic rings. The fourth-order valence-electron chi connectivity index (χ4n) is 1.67. The maximum absolute atomic E-state index is 5.98. The van der Waals surface area contributed by atoms with E-state index < -0.39 is 0 Å². The third kappa shape index (κ3) is 2.52. The van der Waals surface area contributed by atoms with Crippen molar-refractivity contribution in [1.82, 2.24) is 19.7 Å². The van der Waals surface area contributed by atoms with Crippen LogP contribution in [0.5, 0.6) is 0 Å². The number of hydrogen-bond acceptors (Lipinski definition) is 5. The molecule has 0 radical (unpaired) electrons. The van der Waals surface area contributed by atoms with E-state index in [9.17, 15) is 0 Å². The van der Waals surface area contributed by atoms with Gasteiger partial charge < -0.3 is 14.8 Å². The van der Waals surface area contributed by atoms with E-state index in [0.717, 1.165) is 6.42 Å². The molecule has 92 valence electrons. The van der Waals surface area contributed by atoms with Crippen LogP contribution < -0.4 is 5.73 Å². The fraction of sp³-hybridized carbons (Fsp3) is 0.545. The zero-order chi connectivity index (χ0) is 12.4. The zero-order valence-corrected chi connectivity index (χ0v) is 10.3. The first-order valence-electron chi connectivity index (χ1n) is 5.64. The Bertz CT molecular complexity index is 488. The van der Waals surface area contributed by atoms with E-state index >= 15 is 0 Å². The Morgan fingerprint density at radius 3 is 2.82 bits per heavy atom. The van der Waals surface area contributed by atoms with Gasteiger partial charge in [0.15, 0.2) is 5.82 Å². The van der Waals surface area contributed by atoms with Crippen LogP contribution in [0.1, 0.15) is 32.2 Å². The van der Waals surface area contributed by atoms with Crippen LogP contribution in [0.2, 0.25) is 0 Å². The molecule has 0 aliphatic rings. The third-order valence-electron chi connectivity index (χ3n) is 2.51. The molecule has 17 heavy (non-hydrogen) atoms. The van der Waals surface area contributed by atoms with Gasteiger partial charge in [-0.1, -0.05) is 19.0 Å². The van der Waals surface area contributed by atoms with Crippen LogP contribution in [0.3, 0.4) is 0 Å². The summed E-state index contributed by atoms with van der Waals surface area (Å²) >= 11 is 0. The van der Waals surface area contributed by atoms with Crippen molar-refractivity contribution < 1.29 is 4.52 Å². The number of rotatable bonds is 4. The molecular weight excluding hydrogens is 218 g/mol. The van der Waals surface area contributed by atoms with Gasteiger partial charge in [-0.15, -0.1) is 0 Å². The second kappa shape index (κ2) is 4.67. The molecule has 0 aliphatic heterocycles. The average molecular weight is 235 g/mol. The average Bonchev–Trinajstić information content (AvgIpc) is 2.84. The van der Waals surface area contributed by atoms with Gasteiger partial charge in [0.1, 0.15) is 0 Å². The fourth-order valence-corrected chi connectivity index (χ4v) is 1.67. The second-order valence-electron chi connectivity index (χ2n) is 4.55. The largest absolute Gasteiger partial charge is 0.337 e. The normalized spacial score (nSPS) is 13.2. The lowest BCUT2D eigenvalue weighted by Crippen LogP contribution is -2.13. The van der Waals surface area contributed by atoms with Crippen LogP contribution in [0.15, 0.2) is 16.9 Å². The highest BCUT2D eigenvalue weighted by Crippen LogP contribution is 2.19. The molecule has 0 aliphatic carbocycles. The van der Waals surface area contributed by atoms with Gasteiger partial charge in [0.05, 0.1) is 6.04 Å². The summed E-state index contributed by atoms with van der Waals surface area (Å²) in [5.41, 5.74) is 5.98. The van der Waals surface area contributed by atoms with Gasteiger partial charge >= 0.3 is 0 Å². The molecule has 0 bridgehead atoms. The number of nitrogens with two attached hydrogens (primary N) is 1. The van der Waals surface area contributed by atoms with Gasteiger partial charge in [0.25, 0.3) is 0 Å². The van der Waals surface area contributed by atoms with Crippen LogP contribution in [-0.2, 0) is 7.05 Å². The van der Waals surface area contributed by atoms with E-state index in [1.54, 1.807) is 6.20 Å². The smallest absolute Gasteiger partial charge is 0.243 e.